The molecule has 0 bridgehead atoms. The molecule has 3 nitrogen and oxygen atoms in total. The smallest absolute Gasteiger partial charge is 0.148 e. The number of methoxy groups -OCH3 is 1. The highest BCUT2D eigenvalue weighted by Crippen LogP contribution is 2.17. The van der Waals surface area contributed by atoms with Crippen molar-refractivity contribution in [1.29, 1.82) is 0 Å². The Morgan fingerprint density at radius 1 is 1.28 bits per heavy atom. The van der Waals surface area contributed by atoms with Crippen LogP contribution in [-0.4, -0.2) is 26.9 Å². The van der Waals surface area contributed by atoms with Crippen LogP contribution in [0.1, 0.15) is 18.4 Å². The van der Waals surface area contributed by atoms with E-state index in [1.165, 1.54) is 0 Å². The summed E-state index contributed by atoms with van der Waals surface area (Å²) in [5, 5.41) is 3.39. The zero-order valence-electron chi connectivity index (χ0n) is 10.9. The lowest BCUT2D eigenvalue weighted by atomic mass is 10.2. The first-order valence-electron chi connectivity index (χ1n) is 6.22. The summed E-state index contributed by atoms with van der Waals surface area (Å²) >= 11 is 0. The van der Waals surface area contributed by atoms with Crippen LogP contribution in [0.4, 0.5) is 0 Å². The van der Waals surface area contributed by atoms with E-state index in [1.807, 2.05) is 24.3 Å². The first kappa shape index (κ1) is 14.6. The lowest BCUT2D eigenvalue weighted by Gasteiger charge is -2.10. The van der Waals surface area contributed by atoms with Crippen molar-refractivity contribution in [3.63, 3.8) is 0 Å². The highest BCUT2D eigenvalue weighted by Gasteiger charge is 2.01. The number of para-hydroxylation sites is 1. The maximum absolute atomic E-state index is 5.49. The summed E-state index contributed by atoms with van der Waals surface area (Å²) in [5.41, 5.74) is 1.14. The Balaban J connectivity index is 2.30. The molecule has 0 atom stereocenters. The molecule has 0 saturated carbocycles. The van der Waals surface area contributed by atoms with Crippen LogP contribution in [0, 0.1) is 12.3 Å². The highest BCUT2D eigenvalue weighted by atomic mass is 16.5. The molecule has 0 radical (unpaired) electrons. The number of hydrogen-bond acceptors (Lipinski definition) is 3. The Hall–Kier alpha value is -1.50. The van der Waals surface area contributed by atoms with Crippen LogP contribution in [-0.2, 0) is 11.3 Å². The summed E-state index contributed by atoms with van der Waals surface area (Å²) in [5.74, 6) is 3.34. The first-order chi connectivity index (χ1) is 8.88. The van der Waals surface area contributed by atoms with Crippen LogP contribution in [0.5, 0.6) is 5.75 Å². The van der Waals surface area contributed by atoms with E-state index in [0.717, 1.165) is 43.9 Å². The van der Waals surface area contributed by atoms with Gasteiger partial charge in [-0.25, -0.2) is 0 Å². The van der Waals surface area contributed by atoms with Crippen molar-refractivity contribution in [2.24, 2.45) is 0 Å². The Bertz CT molecular complexity index is 371. The minimum atomic E-state index is 0.310. The van der Waals surface area contributed by atoms with Gasteiger partial charge in [-0.15, -0.1) is 6.42 Å². The van der Waals surface area contributed by atoms with Crippen molar-refractivity contribution >= 4 is 0 Å². The van der Waals surface area contributed by atoms with Gasteiger partial charge in [0.15, 0.2) is 0 Å². The van der Waals surface area contributed by atoms with Gasteiger partial charge in [0.05, 0.1) is 0 Å². The molecule has 1 rings (SSSR count). The van der Waals surface area contributed by atoms with Gasteiger partial charge >= 0.3 is 0 Å². The molecule has 0 aliphatic rings. The maximum atomic E-state index is 5.49. The molecule has 1 N–H and O–H groups in total. The summed E-state index contributed by atoms with van der Waals surface area (Å²) < 4.78 is 10.5. The van der Waals surface area contributed by atoms with E-state index in [2.05, 4.69) is 11.2 Å². The molecular formula is C15H21NO2. The van der Waals surface area contributed by atoms with E-state index < -0.39 is 0 Å². The third-order valence-electron chi connectivity index (χ3n) is 2.55. The second-order valence-corrected chi connectivity index (χ2v) is 3.98. The van der Waals surface area contributed by atoms with Crippen LogP contribution < -0.4 is 10.1 Å². The van der Waals surface area contributed by atoms with Crippen LogP contribution in [0.3, 0.4) is 0 Å². The van der Waals surface area contributed by atoms with Crippen molar-refractivity contribution < 1.29 is 9.47 Å². The number of unbranched alkanes of at least 4 members (excludes halogenated alkanes) is 1. The van der Waals surface area contributed by atoms with Gasteiger partial charge in [-0.2, -0.15) is 0 Å². The van der Waals surface area contributed by atoms with E-state index in [4.69, 9.17) is 15.9 Å². The SMILES string of the molecule is C#CCOc1ccccc1CNCCCCOC. The van der Waals surface area contributed by atoms with Crippen LogP contribution in [0.15, 0.2) is 24.3 Å². The third-order valence-corrected chi connectivity index (χ3v) is 2.55. The summed E-state index contributed by atoms with van der Waals surface area (Å²) in [7, 11) is 1.73. The van der Waals surface area contributed by atoms with E-state index in [9.17, 15) is 0 Å². The molecule has 3 heteroatoms. The van der Waals surface area contributed by atoms with Crippen molar-refractivity contribution in [3.8, 4) is 18.1 Å². The molecule has 1 aromatic rings. The lowest BCUT2D eigenvalue weighted by Crippen LogP contribution is -2.16. The number of ether oxygens (including phenoxy) is 2. The van der Waals surface area contributed by atoms with E-state index >= 15 is 0 Å². The van der Waals surface area contributed by atoms with Gasteiger partial charge in [0.1, 0.15) is 12.4 Å². The van der Waals surface area contributed by atoms with Crippen LogP contribution >= 0.6 is 0 Å². The molecule has 18 heavy (non-hydrogen) atoms. The van der Waals surface area contributed by atoms with Crippen molar-refractivity contribution in [2.75, 3.05) is 26.9 Å². The molecule has 0 unspecified atom stereocenters. The largest absolute Gasteiger partial charge is 0.481 e. The average molecular weight is 247 g/mol. The van der Waals surface area contributed by atoms with Crippen molar-refractivity contribution in [1.82, 2.24) is 5.32 Å². The molecule has 1 aromatic carbocycles. The summed E-state index contributed by atoms with van der Waals surface area (Å²) in [6.45, 7) is 2.91. The van der Waals surface area contributed by atoms with Crippen molar-refractivity contribution in [3.05, 3.63) is 29.8 Å². The third kappa shape index (κ3) is 5.72. The van der Waals surface area contributed by atoms with Gasteiger partial charge in [-0.1, -0.05) is 24.1 Å². The van der Waals surface area contributed by atoms with Crippen LogP contribution in [0.2, 0.25) is 0 Å². The number of rotatable bonds is 9. The van der Waals surface area contributed by atoms with Gasteiger partial charge in [0.2, 0.25) is 0 Å². The van der Waals surface area contributed by atoms with Crippen molar-refractivity contribution in [2.45, 2.75) is 19.4 Å². The maximum Gasteiger partial charge on any atom is 0.148 e. The van der Waals surface area contributed by atoms with Gasteiger partial charge in [0.25, 0.3) is 0 Å². The molecule has 0 saturated heterocycles. The minimum absolute atomic E-state index is 0.310. The highest BCUT2D eigenvalue weighted by molar-refractivity contribution is 5.33. The number of nitrogens with one attached hydrogen (secondary N) is 1. The Labute approximate surface area is 109 Å². The zero-order valence-corrected chi connectivity index (χ0v) is 10.9. The molecule has 0 spiro atoms. The fourth-order valence-electron chi connectivity index (χ4n) is 1.63. The zero-order chi connectivity index (χ0) is 13.1. The Kier molecular flexibility index (Phi) is 7.70. The van der Waals surface area contributed by atoms with E-state index in [-0.39, 0.29) is 0 Å². The van der Waals surface area contributed by atoms with Gasteiger partial charge < -0.3 is 14.8 Å². The number of terminal acetylenes is 1. The van der Waals surface area contributed by atoms with E-state index in [0.29, 0.717) is 6.61 Å². The fourth-order valence-corrected chi connectivity index (χ4v) is 1.63. The molecule has 0 aliphatic carbocycles. The van der Waals surface area contributed by atoms with E-state index in [1.54, 1.807) is 7.11 Å². The second-order valence-electron chi connectivity index (χ2n) is 3.98. The average Bonchev–Trinajstić information content (AvgIpc) is 2.41. The molecular weight excluding hydrogens is 226 g/mol. The standard InChI is InChI=1S/C15H21NO2/c1-3-11-18-15-9-5-4-8-14(15)13-16-10-6-7-12-17-2/h1,4-5,8-9,16H,6-7,10-13H2,2H3. The molecule has 0 fully saturated rings. The molecule has 0 amide bonds. The van der Waals surface area contributed by atoms with Crippen LogP contribution in [0.25, 0.3) is 0 Å². The molecule has 0 heterocycles. The monoisotopic (exact) mass is 247 g/mol. The quantitative estimate of drug-likeness (QED) is 0.536. The predicted molar refractivity (Wildman–Crippen MR) is 73.6 cm³/mol. The fraction of sp³-hybridized carbons (Fsp3) is 0.467. The van der Waals surface area contributed by atoms with Gasteiger partial charge in [-0.05, 0) is 25.5 Å². The van der Waals surface area contributed by atoms with Gasteiger partial charge in [0, 0.05) is 25.8 Å². The minimum Gasteiger partial charge on any atom is -0.481 e. The number of benzene rings is 1. The molecule has 0 aromatic heterocycles. The topological polar surface area (TPSA) is 30.5 Å². The molecule has 98 valence electrons. The predicted octanol–water partition coefficient (Wildman–Crippen LogP) is 2.21. The van der Waals surface area contributed by atoms with Gasteiger partial charge in [-0.3, -0.25) is 0 Å². The summed E-state index contributed by atoms with van der Waals surface area (Å²) in [4.78, 5) is 0. The second kappa shape index (κ2) is 9.52. The number of hydrogen-bond donors (Lipinski definition) is 1. The summed E-state index contributed by atoms with van der Waals surface area (Å²) in [6.07, 6.45) is 7.39. The lowest BCUT2D eigenvalue weighted by molar-refractivity contribution is 0.192. The normalized spacial score (nSPS) is 10.0. The Morgan fingerprint density at radius 2 is 2.11 bits per heavy atom. The Morgan fingerprint density at radius 3 is 2.89 bits per heavy atom. The first-order valence-corrected chi connectivity index (χ1v) is 6.22. The molecule has 0 aliphatic heterocycles. The summed E-state index contributed by atoms with van der Waals surface area (Å²) in [6, 6.07) is 7.95.